The van der Waals surface area contributed by atoms with Gasteiger partial charge >= 0.3 is 6.03 Å². The van der Waals surface area contributed by atoms with Crippen LogP contribution in [0, 0.1) is 23.2 Å². The lowest BCUT2D eigenvalue weighted by molar-refractivity contribution is -0.139. The molecule has 0 aromatic rings. The van der Waals surface area contributed by atoms with Crippen molar-refractivity contribution >= 4 is 29.5 Å². The molecule has 5 aliphatic rings. The standard InChI is InChI=1S/C22H31N5O5/c23-18(30)16(28)10-24-19(31)15-2-1-3-27(15)17(29)11-25-20(32)26-22-8-13-4-12-5-14(9-22)21(22,6-12)7-13/h12-15H,1-11H2,(H2,23,30)(H,24,31)(H2,25,26,32)/t12?,13?,14?,15-,21?,22?/m0/s1. The SMILES string of the molecule is NC(=O)C(=O)CNC(=O)[C@@H]1CCCN1C(=O)CNC(=O)NC12CC3CC4CC(C1)C2(C4)C3. The van der Waals surface area contributed by atoms with Crippen molar-refractivity contribution in [3.8, 4) is 0 Å². The van der Waals surface area contributed by atoms with Crippen LogP contribution in [0.4, 0.5) is 4.79 Å². The van der Waals surface area contributed by atoms with Gasteiger partial charge in [-0.2, -0.15) is 0 Å². The third kappa shape index (κ3) is 3.17. The lowest BCUT2D eigenvalue weighted by Gasteiger charge is -2.59. The van der Waals surface area contributed by atoms with E-state index in [1.165, 1.54) is 30.6 Å². The van der Waals surface area contributed by atoms with E-state index in [0.717, 1.165) is 24.7 Å². The molecule has 1 heterocycles. The summed E-state index contributed by atoms with van der Waals surface area (Å²) in [5, 5.41) is 8.33. The number of amides is 5. The number of primary amides is 1. The molecule has 1 saturated heterocycles. The van der Waals surface area contributed by atoms with Crippen molar-refractivity contribution in [2.24, 2.45) is 28.9 Å². The molecule has 0 aromatic carbocycles. The molecule has 5 N–H and O–H groups in total. The van der Waals surface area contributed by atoms with E-state index in [9.17, 15) is 24.0 Å². The number of nitrogens with two attached hydrogens (primary N) is 1. The quantitative estimate of drug-likeness (QED) is 0.387. The highest BCUT2D eigenvalue weighted by molar-refractivity contribution is 6.36. The van der Waals surface area contributed by atoms with Crippen LogP contribution in [0.1, 0.15) is 51.4 Å². The Morgan fingerprint density at radius 2 is 1.72 bits per heavy atom. The van der Waals surface area contributed by atoms with Gasteiger partial charge in [-0.1, -0.05) is 0 Å². The Bertz CT molecular complexity index is 886. The molecule has 0 radical (unpaired) electrons. The Hall–Kier alpha value is -2.65. The van der Waals surface area contributed by atoms with E-state index in [2.05, 4.69) is 16.0 Å². The number of nitrogens with one attached hydrogen (secondary N) is 3. The normalized spacial score (nSPS) is 38.1. The summed E-state index contributed by atoms with van der Waals surface area (Å²) in [6.45, 7) is -0.268. The maximum Gasteiger partial charge on any atom is 0.315 e. The summed E-state index contributed by atoms with van der Waals surface area (Å²) in [6, 6.07) is -1.03. The van der Waals surface area contributed by atoms with E-state index in [0.29, 0.717) is 25.3 Å². The fraction of sp³-hybridized carbons (Fsp3) is 0.773. The zero-order valence-corrected chi connectivity index (χ0v) is 18.2. The highest BCUT2D eigenvalue weighted by Crippen LogP contribution is 2.77. The molecule has 5 amide bonds. The molecule has 5 rings (SSSR count). The number of carbonyl (C=O) groups is 5. The molecule has 6 atom stereocenters. The summed E-state index contributed by atoms with van der Waals surface area (Å²) in [5.74, 6) is -0.563. The van der Waals surface area contributed by atoms with Gasteiger partial charge in [-0.05, 0) is 74.5 Å². The highest BCUT2D eigenvalue weighted by Gasteiger charge is 2.74. The van der Waals surface area contributed by atoms with Crippen LogP contribution in [0.5, 0.6) is 0 Å². The smallest absolute Gasteiger partial charge is 0.315 e. The summed E-state index contributed by atoms with van der Waals surface area (Å²) in [7, 11) is 0. The maximum absolute atomic E-state index is 12.7. The van der Waals surface area contributed by atoms with Crippen molar-refractivity contribution in [3.63, 3.8) is 0 Å². The van der Waals surface area contributed by atoms with Gasteiger partial charge in [0.25, 0.3) is 5.91 Å². The van der Waals surface area contributed by atoms with Gasteiger partial charge in [-0.25, -0.2) is 4.79 Å². The number of Topliss-reactive ketones (excluding diaryl/α,β-unsaturated/α-hetero) is 1. The average molecular weight is 446 g/mol. The lowest BCUT2D eigenvalue weighted by Crippen LogP contribution is -2.68. The van der Waals surface area contributed by atoms with Crippen molar-refractivity contribution in [1.29, 1.82) is 0 Å². The van der Waals surface area contributed by atoms with Crippen LogP contribution in [-0.2, 0) is 19.2 Å². The first-order chi connectivity index (χ1) is 15.2. The molecule has 32 heavy (non-hydrogen) atoms. The van der Waals surface area contributed by atoms with Gasteiger partial charge in [-0.3, -0.25) is 19.2 Å². The molecule has 1 aliphatic heterocycles. The Kier molecular flexibility index (Phi) is 4.94. The van der Waals surface area contributed by atoms with Gasteiger partial charge in [0.1, 0.15) is 6.04 Å². The van der Waals surface area contributed by atoms with E-state index in [1.54, 1.807) is 0 Å². The van der Waals surface area contributed by atoms with Crippen molar-refractivity contribution in [1.82, 2.24) is 20.9 Å². The van der Waals surface area contributed by atoms with Crippen LogP contribution >= 0.6 is 0 Å². The van der Waals surface area contributed by atoms with Gasteiger partial charge in [0, 0.05) is 12.1 Å². The van der Waals surface area contributed by atoms with Crippen LogP contribution in [-0.4, -0.2) is 65.7 Å². The molecule has 4 saturated carbocycles. The summed E-state index contributed by atoms with van der Waals surface area (Å²) >= 11 is 0. The van der Waals surface area contributed by atoms with Gasteiger partial charge in [0.2, 0.25) is 17.6 Å². The Balaban J connectivity index is 1.12. The predicted molar refractivity (Wildman–Crippen MR) is 112 cm³/mol. The second-order valence-electron chi connectivity index (χ2n) is 10.5. The predicted octanol–water partition coefficient (Wildman–Crippen LogP) is -0.584. The zero-order chi connectivity index (χ0) is 22.7. The third-order valence-corrected chi connectivity index (χ3v) is 8.88. The number of likely N-dealkylation sites (tertiary alicyclic amines) is 1. The van der Waals surface area contributed by atoms with Crippen LogP contribution in [0.2, 0.25) is 0 Å². The Morgan fingerprint density at radius 3 is 2.50 bits per heavy atom. The number of hydrogen-bond donors (Lipinski definition) is 4. The first-order valence-corrected chi connectivity index (χ1v) is 11.7. The largest absolute Gasteiger partial charge is 0.363 e. The zero-order valence-electron chi connectivity index (χ0n) is 18.2. The first-order valence-electron chi connectivity index (χ1n) is 11.7. The Morgan fingerprint density at radius 1 is 0.938 bits per heavy atom. The van der Waals surface area contributed by atoms with Gasteiger partial charge in [0.05, 0.1) is 13.1 Å². The number of ketones is 1. The van der Waals surface area contributed by atoms with E-state index in [1.807, 2.05) is 0 Å². The number of hydrogen-bond acceptors (Lipinski definition) is 5. The third-order valence-electron chi connectivity index (χ3n) is 8.88. The van der Waals surface area contributed by atoms with Crippen LogP contribution < -0.4 is 21.7 Å². The van der Waals surface area contributed by atoms with Gasteiger partial charge in [0.15, 0.2) is 0 Å². The molecule has 10 heteroatoms. The van der Waals surface area contributed by atoms with E-state index in [-0.39, 0.29) is 29.4 Å². The summed E-state index contributed by atoms with van der Waals surface area (Å²) in [5.41, 5.74) is 5.06. The van der Waals surface area contributed by atoms with E-state index < -0.39 is 30.2 Å². The van der Waals surface area contributed by atoms with Gasteiger partial charge in [-0.15, -0.1) is 0 Å². The molecule has 4 aliphatic carbocycles. The molecular weight excluding hydrogens is 414 g/mol. The van der Waals surface area contributed by atoms with Crippen molar-refractivity contribution in [2.45, 2.75) is 62.9 Å². The van der Waals surface area contributed by atoms with E-state index in [4.69, 9.17) is 5.73 Å². The first kappa shape index (κ1) is 21.2. The van der Waals surface area contributed by atoms with Crippen LogP contribution in [0.3, 0.4) is 0 Å². The molecule has 5 fully saturated rings. The second-order valence-corrected chi connectivity index (χ2v) is 10.5. The number of nitrogens with zero attached hydrogens (tertiary/aromatic N) is 1. The minimum Gasteiger partial charge on any atom is -0.363 e. The van der Waals surface area contributed by atoms with Gasteiger partial charge < -0.3 is 26.6 Å². The van der Waals surface area contributed by atoms with Crippen molar-refractivity contribution in [2.75, 3.05) is 19.6 Å². The number of urea groups is 1. The monoisotopic (exact) mass is 445 g/mol. The topological polar surface area (TPSA) is 151 Å². The minimum absolute atomic E-state index is 0.107. The maximum atomic E-state index is 12.7. The summed E-state index contributed by atoms with van der Waals surface area (Å²) in [6.07, 6.45) is 8.29. The number of fused-ring (bicyclic) bond motifs is 2. The minimum atomic E-state index is -1.11. The molecule has 1 spiro atoms. The van der Waals surface area contributed by atoms with Crippen LogP contribution in [0.25, 0.3) is 0 Å². The number of carbonyl (C=O) groups excluding carboxylic acids is 5. The van der Waals surface area contributed by atoms with Crippen molar-refractivity contribution < 1.29 is 24.0 Å². The molecule has 0 aromatic heterocycles. The summed E-state index contributed by atoms with van der Waals surface area (Å²) in [4.78, 5) is 61.3. The molecular formula is C22H31N5O5. The molecule has 10 nitrogen and oxygen atoms in total. The van der Waals surface area contributed by atoms with E-state index >= 15 is 0 Å². The fourth-order valence-corrected chi connectivity index (χ4v) is 7.84. The molecule has 5 unspecified atom stereocenters. The average Bonchev–Trinajstić information content (AvgIpc) is 3.35. The van der Waals surface area contributed by atoms with Crippen LogP contribution in [0.15, 0.2) is 0 Å². The fourth-order valence-electron chi connectivity index (χ4n) is 7.84. The molecule has 174 valence electrons. The summed E-state index contributed by atoms with van der Waals surface area (Å²) < 4.78 is 0. The highest BCUT2D eigenvalue weighted by atomic mass is 16.2. The number of rotatable bonds is 7. The molecule has 3 bridgehead atoms. The second kappa shape index (κ2) is 7.45. The Labute approximate surface area is 186 Å². The van der Waals surface area contributed by atoms with Crippen molar-refractivity contribution in [3.05, 3.63) is 0 Å². The lowest BCUT2D eigenvalue weighted by atomic mass is 9.51.